The van der Waals surface area contributed by atoms with Crippen molar-refractivity contribution in [3.05, 3.63) is 59.1 Å². The Morgan fingerprint density at radius 2 is 1.83 bits per heavy atom. The number of rotatable bonds is 8. The molecule has 158 valence electrons. The Morgan fingerprint density at radius 1 is 1.17 bits per heavy atom. The van der Waals surface area contributed by atoms with Gasteiger partial charge in [-0.2, -0.15) is 0 Å². The van der Waals surface area contributed by atoms with Gasteiger partial charge in [-0.05, 0) is 37.9 Å². The van der Waals surface area contributed by atoms with Gasteiger partial charge >= 0.3 is 6.03 Å². The maximum absolute atomic E-state index is 12.3. The Labute approximate surface area is 176 Å². The van der Waals surface area contributed by atoms with Crippen molar-refractivity contribution in [2.75, 3.05) is 38.8 Å². The topological polar surface area (TPSA) is 98.7 Å². The van der Waals surface area contributed by atoms with Crippen LogP contribution in [0.3, 0.4) is 0 Å². The van der Waals surface area contributed by atoms with E-state index >= 15 is 0 Å². The average Bonchev–Trinajstić information content (AvgIpc) is 2.65. The minimum Gasteiger partial charge on any atom is -0.388 e. The number of aliphatic hydroxyl groups excluding tert-OH is 1. The first kappa shape index (κ1) is 23.2. The molecule has 0 spiro atoms. The van der Waals surface area contributed by atoms with Crippen LogP contribution in [-0.4, -0.2) is 57.9 Å². The van der Waals surface area contributed by atoms with Gasteiger partial charge in [0, 0.05) is 25.3 Å². The average molecular weight is 440 g/mol. The third-order valence-corrected chi connectivity index (χ3v) is 5.77. The number of halogens is 1. The van der Waals surface area contributed by atoms with Crippen LogP contribution >= 0.6 is 11.6 Å². The lowest BCUT2D eigenvalue weighted by Gasteiger charge is -2.26. The van der Waals surface area contributed by atoms with Gasteiger partial charge in [-0.15, -0.1) is 0 Å². The van der Waals surface area contributed by atoms with Crippen molar-refractivity contribution in [3.8, 4) is 0 Å². The van der Waals surface area contributed by atoms with Crippen molar-refractivity contribution in [3.63, 3.8) is 0 Å². The molecule has 0 saturated heterocycles. The van der Waals surface area contributed by atoms with Crippen LogP contribution in [0.2, 0.25) is 5.02 Å². The second kappa shape index (κ2) is 10.1. The fourth-order valence-corrected chi connectivity index (χ4v) is 3.70. The second-order valence-electron chi connectivity index (χ2n) is 7.13. The number of sulfone groups is 1. The summed E-state index contributed by atoms with van der Waals surface area (Å²) in [5, 5.41) is 16.2. The number of hydrogen-bond donors (Lipinski definition) is 3. The van der Waals surface area contributed by atoms with Gasteiger partial charge in [-0.3, -0.25) is 0 Å². The van der Waals surface area contributed by atoms with Crippen LogP contribution in [-0.2, 0) is 9.84 Å². The molecule has 29 heavy (non-hydrogen) atoms. The number of anilines is 1. The molecule has 0 aliphatic rings. The Balaban J connectivity index is 2.07. The van der Waals surface area contributed by atoms with E-state index in [1.807, 2.05) is 49.3 Å². The van der Waals surface area contributed by atoms with Gasteiger partial charge in [0.15, 0.2) is 9.84 Å². The summed E-state index contributed by atoms with van der Waals surface area (Å²) in [6, 6.07) is 12.8. The molecule has 2 atom stereocenters. The number of urea groups is 1. The molecule has 0 radical (unpaired) electrons. The monoisotopic (exact) mass is 439 g/mol. The molecule has 2 rings (SSSR count). The van der Waals surface area contributed by atoms with Gasteiger partial charge in [0.2, 0.25) is 0 Å². The molecule has 7 nitrogen and oxygen atoms in total. The first-order chi connectivity index (χ1) is 13.6. The van der Waals surface area contributed by atoms with Crippen LogP contribution in [0.5, 0.6) is 0 Å². The first-order valence-corrected chi connectivity index (χ1v) is 11.3. The molecule has 0 heterocycles. The van der Waals surface area contributed by atoms with Crippen molar-refractivity contribution in [2.24, 2.45) is 5.92 Å². The lowest BCUT2D eigenvalue weighted by molar-refractivity contribution is 0.0911. The van der Waals surface area contributed by atoms with Crippen molar-refractivity contribution in [1.82, 2.24) is 10.2 Å². The SMILES string of the molecule is CN(C)C[C@@H](CNC(=O)Nc1cc(S(C)(=O)=O)ccc1Cl)[C@H](O)c1ccccc1. The van der Waals surface area contributed by atoms with Gasteiger partial charge < -0.3 is 20.6 Å². The zero-order valence-electron chi connectivity index (χ0n) is 16.6. The molecular formula is C20H26ClN3O4S. The molecule has 2 aromatic rings. The van der Waals surface area contributed by atoms with Crippen LogP contribution < -0.4 is 10.6 Å². The fraction of sp³-hybridized carbons (Fsp3) is 0.350. The Kier molecular flexibility index (Phi) is 8.04. The number of benzene rings is 2. The molecule has 0 aliphatic carbocycles. The van der Waals surface area contributed by atoms with Gasteiger partial charge in [0.1, 0.15) is 0 Å². The minimum absolute atomic E-state index is 0.0576. The number of hydrogen-bond acceptors (Lipinski definition) is 5. The summed E-state index contributed by atoms with van der Waals surface area (Å²) >= 11 is 6.07. The summed E-state index contributed by atoms with van der Waals surface area (Å²) < 4.78 is 23.4. The van der Waals surface area contributed by atoms with Gasteiger partial charge in [0.25, 0.3) is 0 Å². The van der Waals surface area contributed by atoms with Crippen molar-refractivity contribution in [1.29, 1.82) is 0 Å². The smallest absolute Gasteiger partial charge is 0.319 e. The van der Waals surface area contributed by atoms with E-state index < -0.39 is 22.0 Å². The van der Waals surface area contributed by atoms with E-state index in [0.29, 0.717) is 6.54 Å². The van der Waals surface area contributed by atoms with Crippen LogP contribution in [0.15, 0.2) is 53.4 Å². The highest BCUT2D eigenvalue weighted by Crippen LogP contribution is 2.25. The normalized spacial score (nSPS) is 13.7. The standard InChI is InChI=1S/C20H26ClN3O4S/c1-24(2)13-15(19(25)14-7-5-4-6-8-14)12-22-20(26)23-18-11-16(29(3,27)28)9-10-17(18)21/h4-11,15,19,25H,12-13H2,1-3H3,(H2,22,23,26)/t15-,19-/m1/s1. The van der Waals surface area contributed by atoms with Crippen LogP contribution in [0.1, 0.15) is 11.7 Å². The Hall–Kier alpha value is -2.13. The highest BCUT2D eigenvalue weighted by Gasteiger charge is 2.22. The molecule has 0 bridgehead atoms. The van der Waals surface area contributed by atoms with Crippen LogP contribution in [0.4, 0.5) is 10.5 Å². The molecule has 0 saturated carbocycles. The zero-order chi connectivity index (χ0) is 21.6. The zero-order valence-corrected chi connectivity index (χ0v) is 18.2. The van der Waals surface area contributed by atoms with Crippen molar-refractivity contribution < 1.29 is 18.3 Å². The molecule has 0 aromatic heterocycles. The predicted molar refractivity (Wildman–Crippen MR) is 115 cm³/mol. The van der Waals surface area contributed by atoms with E-state index in [2.05, 4.69) is 10.6 Å². The predicted octanol–water partition coefficient (Wildman–Crippen LogP) is 2.78. The molecular weight excluding hydrogens is 414 g/mol. The summed E-state index contributed by atoms with van der Waals surface area (Å²) in [7, 11) is 0.352. The third kappa shape index (κ3) is 7.01. The highest BCUT2D eigenvalue weighted by molar-refractivity contribution is 7.90. The van der Waals surface area contributed by atoms with E-state index in [0.717, 1.165) is 11.8 Å². The highest BCUT2D eigenvalue weighted by atomic mass is 35.5. The Bertz CT molecular complexity index is 936. The van der Waals surface area contributed by atoms with Gasteiger partial charge in [-0.25, -0.2) is 13.2 Å². The lowest BCUT2D eigenvalue weighted by Crippen LogP contribution is -2.39. The first-order valence-electron chi connectivity index (χ1n) is 9.00. The second-order valence-corrected chi connectivity index (χ2v) is 9.55. The molecule has 0 fully saturated rings. The Morgan fingerprint density at radius 3 is 2.41 bits per heavy atom. The van der Waals surface area contributed by atoms with E-state index in [-0.39, 0.29) is 28.1 Å². The van der Waals surface area contributed by atoms with E-state index in [1.54, 1.807) is 0 Å². The van der Waals surface area contributed by atoms with Crippen molar-refractivity contribution >= 4 is 33.2 Å². The number of nitrogens with one attached hydrogen (secondary N) is 2. The third-order valence-electron chi connectivity index (χ3n) is 4.33. The molecule has 9 heteroatoms. The van der Waals surface area contributed by atoms with Crippen molar-refractivity contribution in [2.45, 2.75) is 11.0 Å². The van der Waals surface area contributed by atoms with Crippen LogP contribution in [0, 0.1) is 5.92 Å². The quantitative estimate of drug-likeness (QED) is 0.587. The van der Waals surface area contributed by atoms with E-state index in [4.69, 9.17) is 11.6 Å². The summed E-state index contributed by atoms with van der Waals surface area (Å²) in [5.74, 6) is -0.254. The number of amides is 2. The maximum atomic E-state index is 12.3. The largest absolute Gasteiger partial charge is 0.388 e. The van der Waals surface area contributed by atoms with Gasteiger partial charge in [-0.1, -0.05) is 41.9 Å². The molecule has 2 amide bonds. The molecule has 0 aliphatic heterocycles. The summed E-state index contributed by atoms with van der Waals surface area (Å²) in [4.78, 5) is 14.3. The fourth-order valence-electron chi connectivity index (χ4n) is 2.89. The van der Waals surface area contributed by atoms with Gasteiger partial charge in [0.05, 0.1) is 21.7 Å². The van der Waals surface area contributed by atoms with E-state index in [1.165, 1.54) is 18.2 Å². The summed E-state index contributed by atoms with van der Waals surface area (Å²) in [6.07, 6.45) is 0.327. The minimum atomic E-state index is -3.43. The number of aliphatic hydroxyl groups is 1. The number of carbonyl (C=O) groups excluding carboxylic acids is 1. The van der Waals surface area contributed by atoms with Crippen LogP contribution in [0.25, 0.3) is 0 Å². The number of nitrogens with zero attached hydrogens (tertiary/aromatic N) is 1. The van der Waals surface area contributed by atoms with E-state index in [9.17, 15) is 18.3 Å². The molecule has 0 unspecified atom stereocenters. The maximum Gasteiger partial charge on any atom is 0.319 e. The summed E-state index contributed by atoms with van der Waals surface area (Å²) in [5.41, 5.74) is 0.963. The number of carbonyl (C=O) groups is 1. The summed E-state index contributed by atoms with van der Waals surface area (Å²) in [6.45, 7) is 0.768. The molecule has 3 N–H and O–H groups in total. The molecule has 2 aromatic carbocycles. The lowest BCUT2D eigenvalue weighted by atomic mass is 9.95.